The Kier molecular flexibility index (Phi) is 5.31. The van der Waals surface area contributed by atoms with Gasteiger partial charge in [0.1, 0.15) is 5.75 Å². The number of Topliss-reactive ketones (excluding diaryl/α,β-unsaturated/α-hetero) is 1. The van der Waals surface area contributed by atoms with Gasteiger partial charge in [-0.15, -0.1) is 0 Å². The number of hydrogen-bond acceptors (Lipinski definition) is 5. The lowest BCUT2D eigenvalue weighted by atomic mass is 10.1. The monoisotopic (exact) mass is 353 g/mol. The number of esters is 1. The van der Waals surface area contributed by atoms with E-state index >= 15 is 0 Å². The van der Waals surface area contributed by atoms with Crippen LogP contribution in [0.1, 0.15) is 33.6 Å². The Morgan fingerprint density at radius 1 is 1.00 bits per heavy atom. The van der Waals surface area contributed by atoms with Crippen LogP contribution < -0.4 is 9.64 Å². The molecular weight excluding hydrogens is 334 g/mol. The number of anilines is 1. The summed E-state index contributed by atoms with van der Waals surface area (Å²) in [6.07, 6.45) is 1.44. The van der Waals surface area contributed by atoms with Crippen molar-refractivity contribution < 1.29 is 23.9 Å². The number of carbonyl (C=O) groups excluding carboxylic acids is 3. The number of ether oxygens (including phenoxy) is 2. The van der Waals surface area contributed by atoms with Crippen molar-refractivity contribution >= 4 is 23.3 Å². The summed E-state index contributed by atoms with van der Waals surface area (Å²) in [5.74, 6) is 0.0126. The lowest BCUT2D eigenvalue weighted by molar-refractivity contribution is -0.117. The Morgan fingerprint density at radius 3 is 2.23 bits per heavy atom. The van der Waals surface area contributed by atoms with Gasteiger partial charge in [-0.25, -0.2) is 4.79 Å². The first-order valence-corrected chi connectivity index (χ1v) is 8.33. The summed E-state index contributed by atoms with van der Waals surface area (Å²) >= 11 is 0. The highest BCUT2D eigenvalue weighted by atomic mass is 16.5. The highest BCUT2D eigenvalue weighted by Gasteiger charge is 2.21. The molecule has 0 atom stereocenters. The third-order valence-corrected chi connectivity index (χ3v) is 4.22. The summed E-state index contributed by atoms with van der Waals surface area (Å²) in [7, 11) is 1.32. The van der Waals surface area contributed by atoms with E-state index in [1.165, 1.54) is 7.11 Å². The van der Waals surface area contributed by atoms with Gasteiger partial charge >= 0.3 is 5.97 Å². The molecule has 2 aromatic carbocycles. The van der Waals surface area contributed by atoms with Gasteiger partial charge in [0.05, 0.1) is 12.7 Å². The number of nitrogens with zero attached hydrogens (tertiary/aromatic N) is 1. The van der Waals surface area contributed by atoms with Gasteiger partial charge in [-0.05, 0) is 55.0 Å². The topological polar surface area (TPSA) is 72.9 Å². The van der Waals surface area contributed by atoms with Crippen LogP contribution >= 0.6 is 0 Å². The maximum atomic E-state index is 12.3. The van der Waals surface area contributed by atoms with Crippen LogP contribution in [0, 0.1) is 0 Å². The fourth-order valence-electron chi connectivity index (χ4n) is 2.79. The van der Waals surface area contributed by atoms with E-state index in [0.29, 0.717) is 23.3 Å². The van der Waals surface area contributed by atoms with Gasteiger partial charge in [-0.1, -0.05) is 0 Å². The number of benzene rings is 2. The molecule has 0 aromatic heterocycles. The molecule has 1 fully saturated rings. The molecule has 0 radical (unpaired) electrons. The van der Waals surface area contributed by atoms with Crippen molar-refractivity contribution in [1.82, 2.24) is 0 Å². The molecule has 0 bridgehead atoms. The Bertz CT molecular complexity index is 811. The summed E-state index contributed by atoms with van der Waals surface area (Å²) < 4.78 is 10.1. The molecule has 1 saturated heterocycles. The predicted molar refractivity (Wildman–Crippen MR) is 95.6 cm³/mol. The van der Waals surface area contributed by atoms with Crippen LogP contribution in [-0.4, -0.2) is 37.9 Å². The smallest absolute Gasteiger partial charge is 0.337 e. The number of ketones is 1. The van der Waals surface area contributed by atoms with E-state index < -0.39 is 5.97 Å². The molecule has 1 amide bonds. The Labute approximate surface area is 151 Å². The van der Waals surface area contributed by atoms with Gasteiger partial charge in [0.2, 0.25) is 5.91 Å². The maximum absolute atomic E-state index is 12.3. The van der Waals surface area contributed by atoms with Crippen LogP contribution in [0.3, 0.4) is 0 Å². The summed E-state index contributed by atoms with van der Waals surface area (Å²) in [6, 6.07) is 13.3. The second kappa shape index (κ2) is 7.82. The molecule has 1 aliphatic rings. The Balaban J connectivity index is 1.58. The Hall–Kier alpha value is -3.15. The average Bonchev–Trinajstić information content (AvgIpc) is 3.12. The fraction of sp³-hybridized carbons (Fsp3) is 0.250. The molecule has 0 unspecified atom stereocenters. The fourth-order valence-corrected chi connectivity index (χ4v) is 2.79. The molecule has 0 aliphatic carbocycles. The normalized spacial score (nSPS) is 13.6. The van der Waals surface area contributed by atoms with E-state index in [0.717, 1.165) is 18.7 Å². The van der Waals surface area contributed by atoms with E-state index in [-0.39, 0.29) is 18.3 Å². The minimum Gasteiger partial charge on any atom is -0.485 e. The van der Waals surface area contributed by atoms with Crippen molar-refractivity contribution in [2.75, 3.05) is 25.2 Å². The largest absolute Gasteiger partial charge is 0.485 e. The van der Waals surface area contributed by atoms with Crippen molar-refractivity contribution in [1.29, 1.82) is 0 Å². The minimum absolute atomic E-state index is 0.112. The average molecular weight is 353 g/mol. The number of amides is 1. The number of carbonyl (C=O) groups is 3. The quantitative estimate of drug-likeness (QED) is 0.590. The zero-order valence-corrected chi connectivity index (χ0v) is 14.4. The van der Waals surface area contributed by atoms with Crippen LogP contribution in [0.25, 0.3) is 0 Å². The van der Waals surface area contributed by atoms with Gasteiger partial charge in [0.25, 0.3) is 0 Å². The highest BCUT2D eigenvalue weighted by molar-refractivity contribution is 5.99. The molecule has 134 valence electrons. The molecule has 2 aromatic rings. The van der Waals surface area contributed by atoms with Crippen molar-refractivity contribution in [3.05, 3.63) is 59.7 Å². The van der Waals surface area contributed by atoms with Crippen molar-refractivity contribution in [3.8, 4) is 5.75 Å². The second-order valence-corrected chi connectivity index (χ2v) is 5.92. The van der Waals surface area contributed by atoms with Crippen LogP contribution in [0.4, 0.5) is 5.69 Å². The highest BCUT2D eigenvalue weighted by Crippen LogP contribution is 2.22. The van der Waals surface area contributed by atoms with E-state index in [1.807, 2.05) is 0 Å². The first-order chi connectivity index (χ1) is 12.6. The molecular formula is C20H19NO5. The number of rotatable bonds is 6. The predicted octanol–water partition coefficient (Wildman–Crippen LogP) is 2.86. The lowest BCUT2D eigenvalue weighted by Crippen LogP contribution is -2.23. The summed E-state index contributed by atoms with van der Waals surface area (Å²) in [6.45, 7) is 0.608. The first kappa shape index (κ1) is 17.7. The molecule has 3 rings (SSSR count). The second-order valence-electron chi connectivity index (χ2n) is 5.92. The molecule has 0 spiro atoms. The van der Waals surface area contributed by atoms with Crippen LogP contribution in [0.15, 0.2) is 48.5 Å². The van der Waals surface area contributed by atoms with Crippen LogP contribution in [0.5, 0.6) is 5.75 Å². The van der Waals surface area contributed by atoms with Crippen molar-refractivity contribution in [2.24, 2.45) is 0 Å². The van der Waals surface area contributed by atoms with Gasteiger partial charge < -0.3 is 14.4 Å². The third kappa shape index (κ3) is 3.91. The summed E-state index contributed by atoms with van der Waals surface area (Å²) in [5, 5.41) is 0. The molecule has 1 heterocycles. The van der Waals surface area contributed by atoms with Gasteiger partial charge in [-0.2, -0.15) is 0 Å². The van der Waals surface area contributed by atoms with Crippen molar-refractivity contribution in [2.45, 2.75) is 12.8 Å². The lowest BCUT2D eigenvalue weighted by Gasteiger charge is -2.15. The molecule has 0 N–H and O–H groups in total. The summed E-state index contributed by atoms with van der Waals surface area (Å²) in [5.41, 5.74) is 1.74. The minimum atomic E-state index is -0.427. The Morgan fingerprint density at radius 2 is 1.65 bits per heavy atom. The van der Waals surface area contributed by atoms with E-state index in [4.69, 9.17) is 4.74 Å². The maximum Gasteiger partial charge on any atom is 0.337 e. The zero-order chi connectivity index (χ0) is 18.5. The van der Waals surface area contributed by atoms with E-state index in [2.05, 4.69) is 4.74 Å². The van der Waals surface area contributed by atoms with E-state index in [1.54, 1.807) is 53.4 Å². The van der Waals surface area contributed by atoms with E-state index in [9.17, 15) is 14.4 Å². The summed E-state index contributed by atoms with van der Waals surface area (Å²) in [4.78, 5) is 37.1. The van der Waals surface area contributed by atoms with Gasteiger partial charge in [0, 0.05) is 24.2 Å². The SMILES string of the molecule is COC(=O)c1ccc(OCC(=O)c2ccc(N3CCCC3=O)cc2)cc1. The number of methoxy groups -OCH3 is 1. The van der Waals surface area contributed by atoms with Crippen LogP contribution in [0.2, 0.25) is 0 Å². The number of hydrogen-bond donors (Lipinski definition) is 0. The first-order valence-electron chi connectivity index (χ1n) is 8.33. The standard InChI is InChI=1S/C20H19NO5/c1-25-20(24)15-6-10-17(11-7-15)26-13-18(22)14-4-8-16(9-5-14)21-12-2-3-19(21)23/h4-11H,2-3,12-13H2,1H3. The molecule has 6 nitrogen and oxygen atoms in total. The van der Waals surface area contributed by atoms with Crippen molar-refractivity contribution in [3.63, 3.8) is 0 Å². The molecule has 6 heteroatoms. The molecule has 0 saturated carbocycles. The zero-order valence-electron chi connectivity index (χ0n) is 14.4. The van der Waals surface area contributed by atoms with Crippen LogP contribution in [-0.2, 0) is 9.53 Å². The molecule has 1 aliphatic heterocycles. The molecule has 26 heavy (non-hydrogen) atoms. The third-order valence-electron chi connectivity index (χ3n) is 4.22. The van der Waals surface area contributed by atoms with Gasteiger partial charge in [0.15, 0.2) is 12.4 Å². The van der Waals surface area contributed by atoms with Gasteiger partial charge in [-0.3, -0.25) is 9.59 Å².